The van der Waals surface area contributed by atoms with Crippen LogP contribution >= 0.6 is 11.8 Å². The zero-order valence-corrected chi connectivity index (χ0v) is 13.4. The van der Waals surface area contributed by atoms with E-state index in [1.54, 1.807) is 7.11 Å². The number of aliphatic hydroxyl groups is 1. The van der Waals surface area contributed by atoms with Crippen LogP contribution in [-0.4, -0.2) is 35.9 Å². The van der Waals surface area contributed by atoms with Crippen LogP contribution in [0.5, 0.6) is 5.75 Å². The van der Waals surface area contributed by atoms with Crippen LogP contribution in [-0.2, 0) is 0 Å². The molecule has 2 N–H and O–H groups in total. The summed E-state index contributed by atoms with van der Waals surface area (Å²) in [6.07, 6.45) is 1.86. The van der Waals surface area contributed by atoms with E-state index in [-0.39, 0.29) is 6.04 Å². The molecule has 1 aliphatic rings. The molecule has 1 aromatic carbocycles. The number of thioether (sulfide) groups is 1. The third-order valence-corrected chi connectivity index (χ3v) is 5.16. The van der Waals surface area contributed by atoms with E-state index in [1.165, 1.54) is 11.1 Å². The van der Waals surface area contributed by atoms with Crippen LogP contribution in [0.3, 0.4) is 0 Å². The van der Waals surface area contributed by atoms with Crippen molar-refractivity contribution in [3.8, 4) is 5.75 Å². The van der Waals surface area contributed by atoms with Gasteiger partial charge in [-0.2, -0.15) is 11.8 Å². The molecule has 0 aromatic heterocycles. The lowest BCUT2D eigenvalue weighted by Gasteiger charge is -2.27. The SMILES string of the molecule is CC[C@H](NC[C@@]1(O)CCSC1)c1cc(C)ccc1OC. The monoisotopic (exact) mass is 295 g/mol. The number of nitrogens with one attached hydrogen (secondary N) is 1. The highest BCUT2D eigenvalue weighted by atomic mass is 32.2. The van der Waals surface area contributed by atoms with Crippen molar-refractivity contribution in [2.75, 3.05) is 25.2 Å². The van der Waals surface area contributed by atoms with Gasteiger partial charge in [0.05, 0.1) is 12.7 Å². The summed E-state index contributed by atoms with van der Waals surface area (Å²) < 4.78 is 5.47. The minimum atomic E-state index is -0.546. The summed E-state index contributed by atoms with van der Waals surface area (Å²) in [7, 11) is 1.71. The van der Waals surface area contributed by atoms with E-state index >= 15 is 0 Å². The maximum absolute atomic E-state index is 10.4. The molecule has 0 saturated carbocycles. The first-order valence-corrected chi connectivity index (χ1v) is 8.41. The molecule has 2 atom stereocenters. The quantitative estimate of drug-likeness (QED) is 0.847. The van der Waals surface area contributed by atoms with Gasteiger partial charge in [-0.3, -0.25) is 0 Å². The molecule has 2 rings (SSSR count). The molecule has 1 aliphatic heterocycles. The van der Waals surface area contributed by atoms with Gasteiger partial charge in [0.25, 0.3) is 0 Å². The molecule has 4 heteroatoms. The number of aryl methyl sites for hydroxylation is 1. The Hall–Kier alpha value is -0.710. The second-order valence-electron chi connectivity index (χ2n) is 5.61. The normalized spacial score (nSPS) is 23.8. The molecule has 0 amide bonds. The van der Waals surface area contributed by atoms with Gasteiger partial charge in [-0.1, -0.05) is 24.6 Å². The van der Waals surface area contributed by atoms with E-state index < -0.39 is 5.60 Å². The van der Waals surface area contributed by atoms with E-state index in [1.807, 2.05) is 17.8 Å². The third-order valence-electron chi connectivity index (χ3n) is 3.93. The molecule has 0 radical (unpaired) electrons. The van der Waals surface area contributed by atoms with Crippen LogP contribution < -0.4 is 10.1 Å². The van der Waals surface area contributed by atoms with Crippen molar-refractivity contribution in [2.24, 2.45) is 0 Å². The van der Waals surface area contributed by atoms with Crippen LogP contribution in [0, 0.1) is 6.92 Å². The number of rotatable bonds is 6. The van der Waals surface area contributed by atoms with Crippen molar-refractivity contribution in [1.29, 1.82) is 0 Å². The van der Waals surface area contributed by atoms with E-state index in [9.17, 15) is 5.11 Å². The fraction of sp³-hybridized carbons (Fsp3) is 0.625. The van der Waals surface area contributed by atoms with Crippen molar-refractivity contribution in [1.82, 2.24) is 5.32 Å². The Labute approximate surface area is 126 Å². The molecule has 112 valence electrons. The Balaban J connectivity index is 2.09. The molecule has 0 bridgehead atoms. The highest BCUT2D eigenvalue weighted by Crippen LogP contribution is 2.31. The maximum Gasteiger partial charge on any atom is 0.123 e. The first-order chi connectivity index (χ1) is 9.58. The molecule has 20 heavy (non-hydrogen) atoms. The molecule has 0 spiro atoms. The van der Waals surface area contributed by atoms with E-state index in [2.05, 4.69) is 31.3 Å². The van der Waals surface area contributed by atoms with Gasteiger partial charge < -0.3 is 15.2 Å². The minimum Gasteiger partial charge on any atom is -0.496 e. The number of hydrogen-bond acceptors (Lipinski definition) is 4. The zero-order chi connectivity index (χ0) is 14.6. The minimum absolute atomic E-state index is 0.222. The summed E-state index contributed by atoms with van der Waals surface area (Å²) in [6.45, 7) is 4.90. The largest absolute Gasteiger partial charge is 0.496 e. The van der Waals surface area contributed by atoms with E-state index in [4.69, 9.17) is 4.74 Å². The number of benzene rings is 1. The van der Waals surface area contributed by atoms with Crippen molar-refractivity contribution < 1.29 is 9.84 Å². The average molecular weight is 295 g/mol. The molecule has 1 aromatic rings. The van der Waals surface area contributed by atoms with Crippen LogP contribution in [0.2, 0.25) is 0 Å². The summed E-state index contributed by atoms with van der Waals surface area (Å²) in [5.74, 6) is 2.81. The van der Waals surface area contributed by atoms with Crippen molar-refractivity contribution >= 4 is 11.8 Å². The Morgan fingerprint density at radius 1 is 1.50 bits per heavy atom. The fourth-order valence-electron chi connectivity index (χ4n) is 2.65. The number of ether oxygens (including phenoxy) is 1. The highest BCUT2D eigenvalue weighted by molar-refractivity contribution is 7.99. The maximum atomic E-state index is 10.4. The lowest BCUT2D eigenvalue weighted by molar-refractivity contribution is 0.0642. The predicted molar refractivity (Wildman–Crippen MR) is 85.7 cm³/mol. The second-order valence-corrected chi connectivity index (χ2v) is 6.72. The van der Waals surface area contributed by atoms with Crippen molar-refractivity contribution in [3.63, 3.8) is 0 Å². The highest BCUT2D eigenvalue weighted by Gasteiger charge is 2.32. The molecular formula is C16H25NO2S. The Kier molecular flexibility index (Phi) is 5.35. The zero-order valence-electron chi connectivity index (χ0n) is 12.6. The van der Waals surface area contributed by atoms with Crippen LogP contribution in [0.25, 0.3) is 0 Å². The first kappa shape index (κ1) is 15.7. The van der Waals surface area contributed by atoms with E-state index in [0.717, 1.165) is 30.1 Å². The third kappa shape index (κ3) is 3.68. The topological polar surface area (TPSA) is 41.5 Å². The van der Waals surface area contributed by atoms with Gasteiger partial charge in [0.1, 0.15) is 5.75 Å². The van der Waals surface area contributed by atoms with Gasteiger partial charge in [-0.15, -0.1) is 0 Å². The van der Waals surface area contributed by atoms with Crippen molar-refractivity contribution in [2.45, 2.75) is 38.3 Å². The molecule has 1 saturated heterocycles. The predicted octanol–water partition coefficient (Wildman–Crippen LogP) is 2.91. The molecule has 0 aliphatic carbocycles. The molecule has 1 fully saturated rings. The van der Waals surface area contributed by atoms with Gasteiger partial charge in [-0.25, -0.2) is 0 Å². The van der Waals surface area contributed by atoms with Gasteiger partial charge >= 0.3 is 0 Å². The van der Waals surface area contributed by atoms with Gasteiger partial charge in [0.15, 0.2) is 0 Å². The van der Waals surface area contributed by atoms with Crippen molar-refractivity contribution in [3.05, 3.63) is 29.3 Å². The van der Waals surface area contributed by atoms with E-state index in [0.29, 0.717) is 6.54 Å². The van der Waals surface area contributed by atoms with Crippen LogP contribution in [0.1, 0.15) is 36.9 Å². The molecule has 1 heterocycles. The second kappa shape index (κ2) is 6.83. The summed E-state index contributed by atoms with van der Waals surface area (Å²) >= 11 is 1.83. The van der Waals surface area contributed by atoms with Crippen LogP contribution in [0.4, 0.5) is 0 Å². The number of methoxy groups -OCH3 is 1. The van der Waals surface area contributed by atoms with Gasteiger partial charge in [0, 0.05) is 23.9 Å². The molecule has 0 unspecified atom stereocenters. The standard InChI is InChI=1S/C16H25NO2S/c1-4-14(17-10-16(18)7-8-20-11-16)13-9-12(2)5-6-15(13)19-3/h5-6,9,14,17-18H,4,7-8,10-11H2,1-3H3/t14-,16-/m0/s1. The van der Waals surface area contributed by atoms with Gasteiger partial charge in [-0.05, 0) is 31.6 Å². The summed E-state index contributed by atoms with van der Waals surface area (Å²) in [4.78, 5) is 0. The average Bonchev–Trinajstić information content (AvgIpc) is 2.87. The Morgan fingerprint density at radius 2 is 2.30 bits per heavy atom. The summed E-state index contributed by atoms with van der Waals surface area (Å²) in [5.41, 5.74) is 1.87. The lowest BCUT2D eigenvalue weighted by Crippen LogP contribution is -2.41. The smallest absolute Gasteiger partial charge is 0.123 e. The van der Waals surface area contributed by atoms with Gasteiger partial charge in [0.2, 0.25) is 0 Å². The summed E-state index contributed by atoms with van der Waals surface area (Å²) in [6, 6.07) is 6.48. The Morgan fingerprint density at radius 3 is 2.90 bits per heavy atom. The Bertz CT molecular complexity index is 444. The van der Waals surface area contributed by atoms with Crippen LogP contribution in [0.15, 0.2) is 18.2 Å². The fourth-order valence-corrected chi connectivity index (χ4v) is 3.94. The number of hydrogen-bond donors (Lipinski definition) is 2. The molecular weight excluding hydrogens is 270 g/mol. The lowest BCUT2D eigenvalue weighted by atomic mass is 9.98. The summed E-state index contributed by atoms with van der Waals surface area (Å²) in [5, 5.41) is 14.0. The first-order valence-electron chi connectivity index (χ1n) is 7.26. The molecule has 3 nitrogen and oxygen atoms in total.